The number of aromatic amines is 1. The van der Waals surface area contributed by atoms with Crippen LogP contribution in [0, 0.1) is 0 Å². The lowest BCUT2D eigenvalue weighted by Crippen LogP contribution is -1.91. The number of rotatable bonds is 4. The maximum Gasteiger partial charge on any atom is 0.328 e. The van der Waals surface area contributed by atoms with Crippen LogP contribution < -0.4 is 0 Å². The third-order valence-electron chi connectivity index (χ3n) is 3.21. The van der Waals surface area contributed by atoms with E-state index in [2.05, 4.69) is 9.97 Å². The number of para-hydroxylation sites is 2. The van der Waals surface area contributed by atoms with Crippen LogP contribution in [-0.4, -0.2) is 21.0 Å². The lowest BCUT2D eigenvalue weighted by atomic mass is 10.1. The summed E-state index contributed by atoms with van der Waals surface area (Å²) in [6, 6.07) is 15.7. The number of carbonyl (C=O) groups is 1. The molecule has 0 amide bonds. The zero-order chi connectivity index (χ0) is 14.7. The third kappa shape index (κ3) is 3.17. The lowest BCUT2D eigenvalue weighted by molar-refractivity contribution is -0.131. The van der Waals surface area contributed by atoms with E-state index in [-0.39, 0.29) is 0 Å². The molecule has 0 aliphatic heterocycles. The fraction of sp³-hybridized carbons (Fsp3) is 0.0588. The maximum absolute atomic E-state index is 10.5. The first kappa shape index (κ1) is 13.1. The van der Waals surface area contributed by atoms with E-state index >= 15 is 0 Å². The number of benzene rings is 2. The molecule has 0 aliphatic carbocycles. The van der Waals surface area contributed by atoms with Crippen molar-refractivity contribution in [2.75, 3.05) is 0 Å². The average Bonchev–Trinajstić information content (AvgIpc) is 2.88. The molecular weight excluding hydrogens is 264 g/mol. The molecule has 2 aromatic carbocycles. The molecule has 0 spiro atoms. The number of aromatic nitrogens is 2. The van der Waals surface area contributed by atoms with Crippen LogP contribution in [0.2, 0.25) is 0 Å². The van der Waals surface area contributed by atoms with Gasteiger partial charge in [-0.3, -0.25) is 0 Å². The summed E-state index contributed by atoms with van der Waals surface area (Å²) in [6.07, 6.45) is 3.43. The summed E-state index contributed by atoms with van der Waals surface area (Å²) >= 11 is 0. The molecule has 3 rings (SSSR count). The normalized spacial score (nSPS) is 11.2. The minimum Gasteiger partial charge on any atom is -0.478 e. The van der Waals surface area contributed by atoms with Gasteiger partial charge in [-0.1, -0.05) is 36.4 Å². The Bertz CT molecular complexity index is 768. The number of fused-ring (bicyclic) bond motifs is 1. The average molecular weight is 278 g/mol. The van der Waals surface area contributed by atoms with Crippen molar-refractivity contribution in [1.29, 1.82) is 0 Å². The number of nitrogens with zero attached hydrogens (tertiary/aromatic N) is 1. The molecule has 4 heteroatoms. The molecular formula is C17H14N2O2. The molecule has 0 saturated carbocycles. The van der Waals surface area contributed by atoms with E-state index in [1.54, 1.807) is 6.08 Å². The zero-order valence-electron chi connectivity index (χ0n) is 11.3. The molecule has 0 unspecified atom stereocenters. The second-order valence-corrected chi connectivity index (χ2v) is 4.79. The second-order valence-electron chi connectivity index (χ2n) is 4.79. The highest BCUT2D eigenvalue weighted by molar-refractivity contribution is 5.85. The van der Waals surface area contributed by atoms with Crippen molar-refractivity contribution in [1.82, 2.24) is 9.97 Å². The van der Waals surface area contributed by atoms with Gasteiger partial charge < -0.3 is 10.1 Å². The van der Waals surface area contributed by atoms with E-state index in [1.165, 1.54) is 0 Å². The molecule has 0 radical (unpaired) electrons. The van der Waals surface area contributed by atoms with Gasteiger partial charge in [0.25, 0.3) is 0 Å². The number of nitrogens with one attached hydrogen (secondary N) is 1. The van der Waals surface area contributed by atoms with Gasteiger partial charge in [-0.2, -0.15) is 0 Å². The van der Waals surface area contributed by atoms with E-state index in [0.717, 1.165) is 40.5 Å². The molecule has 0 bridgehead atoms. The van der Waals surface area contributed by atoms with Gasteiger partial charge >= 0.3 is 5.97 Å². The smallest absolute Gasteiger partial charge is 0.328 e. The number of imidazole rings is 1. The summed E-state index contributed by atoms with van der Waals surface area (Å²) in [7, 11) is 0. The quantitative estimate of drug-likeness (QED) is 0.720. The van der Waals surface area contributed by atoms with Gasteiger partial charge in [0.05, 0.1) is 11.0 Å². The molecule has 0 aliphatic rings. The molecule has 2 N–H and O–H groups in total. The summed E-state index contributed by atoms with van der Waals surface area (Å²) in [4.78, 5) is 18.3. The summed E-state index contributed by atoms with van der Waals surface area (Å²) in [5.41, 5.74) is 3.99. The van der Waals surface area contributed by atoms with Crippen LogP contribution in [0.5, 0.6) is 0 Å². The summed E-state index contributed by atoms with van der Waals surface area (Å²) in [6.45, 7) is 0. The summed E-state index contributed by atoms with van der Waals surface area (Å²) in [5, 5.41) is 8.59. The van der Waals surface area contributed by atoms with Crippen LogP contribution in [0.1, 0.15) is 17.0 Å². The highest BCUT2D eigenvalue weighted by Gasteiger charge is 2.03. The van der Waals surface area contributed by atoms with Crippen LogP contribution in [-0.2, 0) is 11.2 Å². The number of aliphatic carboxylic acids is 1. The number of H-pyrrole nitrogens is 1. The maximum atomic E-state index is 10.5. The number of hydrogen-bond donors (Lipinski definition) is 2. The molecule has 3 aromatic rings. The van der Waals surface area contributed by atoms with E-state index in [4.69, 9.17) is 5.11 Å². The highest BCUT2D eigenvalue weighted by Crippen LogP contribution is 2.14. The Morgan fingerprint density at radius 2 is 1.90 bits per heavy atom. The Morgan fingerprint density at radius 3 is 2.62 bits per heavy atom. The molecule has 104 valence electrons. The van der Waals surface area contributed by atoms with E-state index in [1.807, 2.05) is 48.5 Å². The topological polar surface area (TPSA) is 66.0 Å². The Hall–Kier alpha value is -2.88. The molecule has 0 saturated heterocycles. The van der Waals surface area contributed by atoms with Gasteiger partial charge in [0.1, 0.15) is 5.82 Å². The van der Waals surface area contributed by atoms with E-state index < -0.39 is 5.97 Å². The number of hydrogen-bond acceptors (Lipinski definition) is 2. The van der Waals surface area contributed by atoms with Crippen molar-refractivity contribution >= 4 is 23.1 Å². The molecule has 0 fully saturated rings. The number of carboxylic acid groups (broad SMARTS) is 1. The first-order chi connectivity index (χ1) is 10.2. The molecule has 4 nitrogen and oxygen atoms in total. The fourth-order valence-electron chi connectivity index (χ4n) is 2.20. The Labute approximate surface area is 121 Å². The van der Waals surface area contributed by atoms with Gasteiger partial charge in [-0.15, -0.1) is 0 Å². The predicted octanol–water partition coefficient (Wildman–Crippen LogP) is 3.25. The lowest BCUT2D eigenvalue weighted by Gasteiger charge is -1.99. The third-order valence-corrected chi connectivity index (χ3v) is 3.21. The molecule has 21 heavy (non-hydrogen) atoms. The van der Waals surface area contributed by atoms with Crippen molar-refractivity contribution in [3.05, 3.63) is 71.6 Å². The molecule has 0 atom stereocenters. The zero-order valence-corrected chi connectivity index (χ0v) is 11.3. The largest absolute Gasteiger partial charge is 0.478 e. The minimum absolute atomic E-state index is 0.720. The van der Waals surface area contributed by atoms with Gasteiger partial charge in [-0.25, -0.2) is 9.78 Å². The Morgan fingerprint density at radius 1 is 1.14 bits per heavy atom. The van der Waals surface area contributed by atoms with Crippen LogP contribution in [0.25, 0.3) is 17.1 Å². The first-order valence-electron chi connectivity index (χ1n) is 6.64. The van der Waals surface area contributed by atoms with Crippen LogP contribution >= 0.6 is 0 Å². The van der Waals surface area contributed by atoms with Gasteiger partial charge in [0.2, 0.25) is 0 Å². The molecule has 1 aromatic heterocycles. The van der Waals surface area contributed by atoms with Crippen molar-refractivity contribution < 1.29 is 9.90 Å². The van der Waals surface area contributed by atoms with Crippen molar-refractivity contribution in [3.8, 4) is 0 Å². The SMILES string of the molecule is O=C(O)/C=C/c1ccc(Cc2nc3ccccc3[nH]2)cc1. The van der Waals surface area contributed by atoms with E-state index in [0.29, 0.717) is 0 Å². The Kier molecular flexibility index (Phi) is 3.51. The van der Waals surface area contributed by atoms with Crippen LogP contribution in [0.3, 0.4) is 0 Å². The number of carboxylic acids is 1. The minimum atomic E-state index is -0.943. The standard InChI is InChI=1S/C17H14N2O2/c20-17(21)10-9-12-5-7-13(8-6-12)11-16-18-14-3-1-2-4-15(14)19-16/h1-10H,11H2,(H,18,19)(H,20,21)/b10-9+. The van der Waals surface area contributed by atoms with Gasteiger partial charge in [0.15, 0.2) is 0 Å². The fourth-order valence-corrected chi connectivity index (χ4v) is 2.20. The summed E-state index contributed by atoms with van der Waals surface area (Å²) in [5.74, 6) is -0.0219. The van der Waals surface area contributed by atoms with Crippen LogP contribution in [0.4, 0.5) is 0 Å². The van der Waals surface area contributed by atoms with Crippen LogP contribution in [0.15, 0.2) is 54.6 Å². The predicted molar refractivity (Wildman–Crippen MR) is 82.0 cm³/mol. The first-order valence-corrected chi connectivity index (χ1v) is 6.64. The Balaban J connectivity index is 1.77. The van der Waals surface area contributed by atoms with Gasteiger partial charge in [-0.05, 0) is 29.3 Å². The van der Waals surface area contributed by atoms with Crippen molar-refractivity contribution in [2.45, 2.75) is 6.42 Å². The van der Waals surface area contributed by atoms with Crippen molar-refractivity contribution in [2.24, 2.45) is 0 Å². The van der Waals surface area contributed by atoms with Gasteiger partial charge in [0, 0.05) is 12.5 Å². The van der Waals surface area contributed by atoms with Crippen molar-refractivity contribution in [3.63, 3.8) is 0 Å². The highest BCUT2D eigenvalue weighted by atomic mass is 16.4. The monoisotopic (exact) mass is 278 g/mol. The molecule has 1 heterocycles. The van der Waals surface area contributed by atoms with E-state index in [9.17, 15) is 4.79 Å². The summed E-state index contributed by atoms with van der Waals surface area (Å²) < 4.78 is 0. The second kappa shape index (κ2) is 5.63.